The largest absolute Gasteiger partial charge is 0.392 e. The van der Waals surface area contributed by atoms with Crippen LogP contribution >= 0.6 is 43.6 Å². The van der Waals surface area contributed by atoms with E-state index in [1.165, 1.54) is 0 Å². The molecule has 0 aliphatic heterocycles. The van der Waals surface area contributed by atoms with E-state index >= 15 is 0 Å². The molecular weight excluding hydrogens is 366 g/mol. The molecule has 0 aliphatic rings. The maximum atomic E-state index is 9.30. The van der Waals surface area contributed by atoms with Crippen molar-refractivity contribution < 1.29 is 5.11 Å². The van der Waals surface area contributed by atoms with Crippen LogP contribution < -0.4 is 0 Å². The predicted octanol–water partition coefficient (Wildman–Crippen LogP) is 4.25. The molecule has 0 atom stereocenters. The summed E-state index contributed by atoms with van der Waals surface area (Å²) in [4.78, 5) is 5.31. The number of hydrogen-bond acceptors (Lipinski definition) is 3. The number of halogens is 2. The van der Waals surface area contributed by atoms with Crippen molar-refractivity contribution in [2.75, 3.05) is 0 Å². The summed E-state index contributed by atoms with van der Waals surface area (Å²) in [5.74, 6) is 0. The monoisotopic (exact) mass is 373 g/mol. The van der Waals surface area contributed by atoms with Crippen LogP contribution in [0.2, 0.25) is 0 Å². The van der Waals surface area contributed by atoms with Gasteiger partial charge in [-0.3, -0.25) is 0 Å². The highest BCUT2D eigenvalue weighted by Crippen LogP contribution is 2.31. The molecule has 2 rings (SSSR count). The molecular formula is C12H9Br2NOS. The van der Waals surface area contributed by atoms with E-state index in [4.69, 9.17) is 0 Å². The average molecular weight is 375 g/mol. The number of aromatic nitrogens is 1. The van der Waals surface area contributed by atoms with Gasteiger partial charge in [0.1, 0.15) is 5.03 Å². The van der Waals surface area contributed by atoms with Crippen LogP contribution in [-0.2, 0) is 6.61 Å². The summed E-state index contributed by atoms with van der Waals surface area (Å²) in [5.41, 5.74) is 0.897. The first-order valence-corrected chi connectivity index (χ1v) is 7.28. The van der Waals surface area contributed by atoms with Crippen LogP contribution in [0.5, 0.6) is 0 Å². The van der Waals surface area contributed by atoms with Gasteiger partial charge in [0.2, 0.25) is 0 Å². The lowest BCUT2D eigenvalue weighted by Gasteiger charge is -2.07. The second-order valence-corrected chi connectivity index (χ2v) is 6.22. The van der Waals surface area contributed by atoms with Crippen LogP contribution in [0, 0.1) is 0 Å². The van der Waals surface area contributed by atoms with Crippen LogP contribution in [0.3, 0.4) is 0 Å². The van der Waals surface area contributed by atoms with Crippen LogP contribution in [0.25, 0.3) is 0 Å². The zero-order chi connectivity index (χ0) is 12.3. The zero-order valence-electron chi connectivity index (χ0n) is 8.73. The second kappa shape index (κ2) is 6.00. The molecule has 88 valence electrons. The second-order valence-electron chi connectivity index (χ2n) is 3.33. The number of aliphatic hydroxyl groups is 1. The molecule has 1 aromatic heterocycles. The molecule has 0 fully saturated rings. The predicted molar refractivity (Wildman–Crippen MR) is 76.1 cm³/mol. The average Bonchev–Trinajstić information content (AvgIpc) is 2.34. The van der Waals surface area contributed by atoms with E-state index in [2.05, 4.69) is 36.8 Å². The number of benzene rings is 1. The molecule has 17 heavy (non-hydrogen) atoms. The maximum Gasteiger partial charge on any atom is 0.101 e. The van der Waals surface area contributed by atoms with E-state index in [-0.39, 0.29) is 6.61 Å². The lowest BCUT2D eigenvalue weighted by atomic mass is 10.2. The molecule has 0 radical (unpaired) electrons. The van der Waals surface area contributed by atoms with Crippen molar-refractivity contribution in [3.8, 4) is 0 Å². The number of nitrogens with zero attached hydrogens (tertiary/aromatic N) is 1. The Morgan fingerprint density at radius 3 is 2.53 bits per heavy atom. The standard InChI is InChI=1S/C12H9Br2NOS/c13-9-1-3-11(8(5-9)7-16)17-12-4-2-10(14)6-15-12/h1-6,16H,7H2. The Morgan fingerprint density at radius 1 is 1.12 bits per heavy atom. The smallest absolute Gasteiger partial charge is 0.101 e. The Morgan fingerprint density at radius 2 is 1.88 bits per heavy atom. The molecule has 1 N–H and O–H groups in total. The normalized spacial score (nSPS) is 10.5. The quantitative estimate of drug-likeness (QED) is 0.871. The third-order valence-corrected chi connectivity index (χ3v) is 4.14. The molecule has 5 heteroatoms. The van der Waals surface area contributed by atoms with Crippen molar-refractivity contribution in [1.82, 2.24) is 4.98 Å². The fourth-order valence-corrected chi connectivity index (χ4v) is 2.81. The Hall–Kier alpha value is -0.360. The Kier molecular flexibility index (Phi) is 4.62. The minimum Gasteiger partial charge on any atom is -0.392 e. The van der Waals surface area contributed by atoms with E-state index < -0.39 is 0 Å². The first-order valence-electron chi connectivity index (χ1n) is 4.88. The Balaban J connectivity index is 2.26. The molecule has 0 saturated heterocycles. The molecule has 0 unspecified atom stereocenters. The molecule has 1 heterocycles. The number of rotatable bonds is 3. The van der Waals surface area contributed by atoms with Gasteiger partial charge in [-0.05, 0) is 51.8 Å². The van der Waals surface area contributed by atoms with Gasteiger partial charge in [-0.2, -0.15) is 0 Å². The first kappa shape index (κ1) is 13.1. The van der Waals surface area contributed by atoms with Gasteiger partial charge in [0, 0.05) is 20.0 Å². The van der Waals surface area contributed by atoms with Gasteiger partial charge in [-0.1, -0.05) is 27.7 Å². The topological polar surface area (TPSA) is 33.1 Å². The lowest BCUT2D eigenvalue weighted by molar-refractivity contribution is 0.279. The van der Waals surface area contributed by atoms with Crippen LogP contribution in [0.15, 0.2) is 55.4 Å². The number of hydrogen-bond donors (Lipinski definition) is 1. The van der Waals surface area contributed by atoms with Gasteiger partial charge in [-0.25, -0.2) is 4.98 Å². The summed E-state index contributed by atoms with van der Waals surface area (Å²) in [6.45, 7) is 0.0261. The summed E-state index contributed by atoms with van der Waals surface area (Å²) in [6, 6.07) is 9.75. The Bertz CT molecular complexity index is 516. The van der Waals surface area contributed by atoms with Crippen LogP contribution in [0.4, 0.5) is 0 Å². The summed E-state index contributed by atoms with van der Waals surface area (Å²) >= 11 is 8.28. The van der Waals surface area contributed by atoms with Crippen molar-refractivity contribution in [2.45, 2.75) is 16.5 Å². The van der Waals surface area contributed by atoms with Gasteiger partial charge in [0.15, 0.2) is 0 Å². The molecule has 0 saturated carbocycles. The van der Waals surface area contributed by atoms with Gasteiger partial charge >= 0.3 is 0 Å². The van der Waals surface area contributed by atoms with Crippen LogP contribution in [0.1, 0.15) is 5.56 Å². The van der Waals surface area contributed by atoms with Crippen molar-refractivity contribution in [1.29, 1.82) is 0 Å². The summed E-state index contributed by atoms with van der Waals surface area (Å²) < 4.78 is 1.93. The maximum absolute atomic E-state index is 9.30. The molecule has 0 aliphatic carbocycles. The summed E-state index contributed by atoms with van der Waals surface area (Å²) in [5, 5.41) is 10.2. The van der Waals surface area contributed by atoms with E-state index in [1.54, 1.807) is 18.0 Å². The molecule has 2 nitrogen and oxygen atoms in total. The Labute approximate surface area is 121 Å². The summed E-state index contributed by atoms with van der Waals surface area (Å²) in [7, 11) is 0. The fourth-order valence-electron chi connectivity index (χ4n) is 1.31. The molecule has 0 bridgehead atoms. The van der Waals surface area contributed by atoms with E-state index in [0.29, 0.717) is 0 Å². The van der Waals surface area contributed by atoms with Crippen molar-refractivity contribution >= 4 is 43.6 Å². The highest BCUT2D eigenvalue weighted by Gasteiger charge is 2.05. The third kappa shape index (κ3) is 3.55. The molecule has 0 spiro atoms. The van der Waals surface area contributed by atoms with Crippen LogP contribution in [-0.4, -0.2) is 10.1 Å². The SMILES string of the molecule is OCc1cc(Br)ccc1Sc1ccc(Br)cn1. The highest BCUT2D eigenvalue weighted by atomic mass is 79.9. The third-order valence-electron chi connectivity index (χ3n) is 2.11. The highest BCUT2D eigenvalue weighted by molar-refractivity contribution is 9.10. The molecule has 0 amide bonds. The molecule has 2 aromatic rings. The van der Waals surface area contributed by atoms with Crippen molar-refractivity contribution in [2.24, 2.45) is 0 Å². The van der Waals surface area contributed by atoms with E-state index in [9.17, 15) is 5.11 Å². The van der Waals surface area contributed by atoms with Crippen molar-refractivity contribution in [3.05, 3.63) is 51.0 Å². The summed E-state index contributed by atoms with van der Waals surface area (Å²) in [6.07, 6.45) is 1.76. The zero-order valence-corrected chi connectivity index (χ0v) is 12.7. The van der Waals surface area contributed by atoms with Gasteiger partial charge in [0.05, 0.1) is 6.61 Å². The van der Waals surface area contributed by atoms with Crippen molar-refractivity contribution in [3.63, 3.8) is 0 Å². The minimum absolute atomic E-state index is 0.0261. The minimum atomic E-state index is 0.0261. The fraction of sp³-hybridized carbons (Fsp3) is 0.0833. The number of aliphatic hydroxyl groups excluding tert-OH is 1. The molecule has 1 aromatic carbocycles. The van der Waals surface area contributed by atoms with Gasteiger partial charge in [-0.15, -0.1) is 0 Å². The first-order chi connectivity index (χ1) is 8.19. The van der Waals surface area contributed by atoms with Gasteiger partial charge < -0.3 is 5.11 Å². The van der Waals surface area contributed by atoms with Gasteiger partial charge in [0.25, 0.3) is 0 Å². The number of pyridine rings is 1. The lowest BCUT2D eigenvalue weighted by Crippen LogP contribution is -1.88. The van der Waals surface area contributed by atoms with E-state index in [0.717, 1.165) is 24.4 Å². The van der Waals surface area contributed by atoms with E-state index in [1.807, 2.05) is 30.3 Å².